The number of hydrogen-bond acceptors (Lipinski definition) is 4. The molecule has 0 saturated carbocycles. The Bertz CT molecular complexity index is 627. The highest BCUT2D eigenvalue weighted by Crippen LogP contribution is 2.40. The van der Waals surface area contributed by atoms with Gasteiger partial charge in [0, 0.05) is 17.3 Å². The van der Waals surface area contributed by atoms with Gasteiger partial charge in [0.05, 0.1) is 12.3 Å². The van der Waals surface area contributed by atoms with Gasteiger partial charge in [-0.2, -0.15) is 10.4 Å². The number of fused-ring (bicyclic) bond motifs is 1. The molecule has 1 aromatic carbocycles. The topological polar surface area (TPSA) is 60.1 Å². The predicted molar refractivity (Wildman–Crippen MR) is 64.1 cm³/mol. The Kier molecular flexibility index (Phi) is 2.41. The third-order valence-corrected chi connectivity index (χ3v) is 2.89. The van der Waals surface area contributed by atoms with Crippen LogP contribution >= 0.6 is 0 Å². The third-order valence-electron chi connectivity index (χ3n) is 2.89. The minimum absolute atomic E-state index is 0.245. The van der Waals surface area contributed by atoms with Crippen molar-refractivity contribution >= 4 is 0 Å². The van der Waals surface area contributed by atoms with E-state index in [1.54, 1.807) is 17.8 Å². The molecule has 0 spiro atoms. The van der Waals surface area contributed by atoms with Crippen LogP contribution in [0.4, 0.5) is 0 Å². The summed E-state index contributed by atoms with van der Waals surface area (Å²) in [5.74, 6) is 1.48. The summed E-state index contributed by atoms with van der Waals surface area (Å²) in [6.45, 7) is 2.04. The number of nitriles is 1. The third kappa shape index (κ3) is 1.59. The van der Waals surface area contributed by atoms with Crippen LogP contribution in [0.3, 0.4) is 0 Å². The van der Waals surface area contributed by atoms with Crippen molar-refractivity contribution in [1.82, 2.24) is 9.78 Å². The molecule has 1 atom stereocenters. The largest absolute Gasteiger partial charge is 0.454 e. The van der Waals surface area contributed by atoms with Gasteiger partial charge >= 0.3 is 0 Å². The first-order valence-electron chi connectivity index (χ1n) is 5.62. The standard InChI is InChI=1S/C13H11N3O2/c1-9(5-14)16-7-10(6-15-16)11-3-2-4-12-13(11)18-8-17-12/h2-4,6-7,9H,8H2,1H3. The first kappa shape index (κ1) is 10.7. The number of benzene rings is 1. The van der Waals surface area contributed by atoms with Crippen LogP contribution in [0, 0.1) is 11.3 Å². The highest BCUT2D eigenvalue weighted by molar-refractivity contribution is 5.73. The van der Waals surface area contributed by atoms with E-state index in [0.717, 1.165) is 22.6 Å². The molecule has 5 heteroatoms. The summed E-state index contributed by atoms with van der Waals surface area (Å²) < 4.78 is 12.4. The summed E-state index contributed by atoms with van der Waals surface area (Å²) in [6, 6.07) is 7.59. The van der Waals surface area contributed by atoms with Gasteiger partial charge in [-0.15, -0.1) is 0 Å². The van der Waals surface area contributed by atoms with E-state index in [2.05, 4.69) is 11.2 Å². The van der Waals surface area contributed by atoms with Crippen molar-refractivity contribution in [3.8, 4) is 28.7 Å². The number of nitrogens with zero attached hydrogens (tertiary/aromatic N) is 3. The van der Waals surface area contributed by atoms with Crippen molar-refractivity contribution in [2.24, 2.45) is 0 Å². The Balaban J connectivity index is 2.04. The van der Waals surface area contributed by atoms with Gasteiger partial charge in [0.25, 0.3) is 0 Å². The van der Waals surface area contributed by atoms with Crippen LogP contribution < -0.4 is 9.47 Å². The number of aromatic nitrogens is 2. The van der Waals surface area contributed by atoms with Gasteiger partial charge in [-0.05, 0) is 13.0 Å². The summed E-state index contributed by atoms with van der Waals surface area (Å²) >= 11 is 0. The minimum Gasteiger partial charge on any atom is -0.454 e. The smallest absolute Gasteiger partial charge is 0.231 e. The molecule has 0 saturated heterocycles. The molecule has 2 aromatic rings. The predicted octanol–water partition coefficient (Wildman–Crippen LogP) is 2.36. The molecule has 0 amide bonds. The summed E-state index contributed by atoms with van der Waals surface area (Å²) in [4.78, 5) is 0. The fraction of sp³-hybridized carbons (Fsp3) is 0.231. The summed E-state index contributed by atoms with van der Waals surface area (Å²) in [5.41, 5.74) is 1.85. The Labute approximate surface area is 104 Å². The van der Waals surface area contributed by atoms with Crippen LogP contribution in [-0.2, 0) is 0 Å². The van der Waals surface area contributed by atoms with Crippen LogP contribution in [0.25, 0.3) is 11.1 Å². The molecule has 90 valence electrons. The number of hydrogen-bond donors (Lipinski definition) is 0. The molecule has 0 aliphatic carbocycles. The second-order valence-electron chi connectivity index (χ2n) is 4.05. The first-order valence-corrected chi connectivity index (χ1v) is 5.62. The molecule has 0 N–H and O–H groups in total. The fourth-order valence-electron chi connectivity index (χ4n) is 1.91. The van der Waals surface area contributed by atoms with Crippen molar-refractivity contribution in [1.29, 1.82) is 5.26 Å². The highest BCUT2D eigenvalue weighted by atomic mass is 16.7. The van der Waals surface area contributed by atoms with Crippen LogP contribution in [-0.4, -0.2) is 16.6 Å². The van der Waals surface area contributed by atoms with Crippen molar-refractivity contribution in [2.75, 3.05) is 6.79 Å². The summed E-state index contributed by atoms with van der Waals surface area (Å²) in [7, 11) is 0. The van der Waals surface area contributed by atoms with E-state index in [4.69, 9.17) is 14.7 Å². The van der Waals surface area contributed by atoms with Gasteiger partial charge < -0.3 is 9.47 Å². The monoisotopic (exact) mass is 241 g/mol. The van der Waals surface area contributed by atoms with Crippen molar-refractivity contribution in [3.63, 3.8) is 0 Å². The van der Waals surface area contributed by atoms with E-state index in [-0.39, 0.29) is 12.8 Å². The molecule has 5 nitrogen and oxygen atoms in total. The molecule has 1 aliphatic rings. The van der Waals surface area contributed by atoms with E-state index < -0.39 is 0 Å². The van der Waals surface area contributed by atoms with Crippen LogP contribution in [0.15, 0.2) is 30.6 Å². The Morgan fingerprint density at radius 1 is 1.44 bits per heavy atom. The molecular formula is C13H11N3O2. The second kappa shape index (κ2) is 4.08. The van der Waals surface area contributed by atoms with Gasteiger partial charge in [0.2, 0.25) is 6.79 Å². The Hall–Kier alpha value is -2.48. The van der Waals surface area contributed by atoms with Crippen molar-refractivity contribution in [3.05, 3.63) is 30.6 Å². The first-order chi connectivity index (χ1) is 8.79. The minimum atomic E-state index is -0.285. The molecule has 0 bridgehead atoms. The van der Waals surface area contributed by atoms with E-state index in [1.807, 2.05) is 24.4 Å². The van der Waals surface area contributed by atoms with Gasteiger partial charge in [-0.3, -0.25) is 4.68 Å². The van der Waals surface area contributed by atoms with Crippen LogP contribution in [0.2, 0.25) is 0 Å². The lowest BCUT2D eigenvalue weighted by Gasteiger charge is -2.03. The maximum atomic E-state index is 8.87. The van der Waals surface area contributed by atoms with E-state index in [1.165, 1.54) is 0 Å². The zero-order valence-corrected chi connectivity index (χ0v) is 9.83. The van der Waals surface area contributed by atoms with E-state index in [0.29, 0.717) is 0 Å². The van der Waals surface area contributed by atoms with Gasteiger partial charge in [-0.1, -0.05) is 12.1 Å². The fourth-order valence-corrected chi connectivity index (χ4v) is 1.91. The van der Waals surface area contributed by atoms with Crippen molar-refractivity contribution < 1.29 is 9.47 Å². The molecule has 3 rings (SSSR count). The average molecular weight is 241 g/mol. The molecule has 1 aromatic heterocycles. The van der Waals surface area contributed by atoms with Crippen molar-refractivity contribution in [2.45, 2.75) is 13.0 Å². The molecule has 1 unspecified atom stereocenters. The maximum absolute atomic E-state index is 8.87. The van der Waals surface area contributed by atoms with Crippen LogP contribution in [0.1, 0.15) is 13.0 Å². The lowest BCUT2D eigenvalue weighted by molar-refractivity contribution is 0.174. The Morgan fingerprint density at radius 2 is 2.33 bits per heavy atom. The number of rotatable bonds is 2. The number of ether oxygens (including phenoxy) is 2. The molecule has 0 fully saturated rings. The zero-order chi connectivity index (χ0) is 12.5. The highest BCUT2D eigenvalue weighted by Gasteiger charge is 2.19. The van der Waals surface area contributed by atoms with Gasteiger partial charge in [-0.25, -0.2) is 0 Å². The SMILES string of the molecule is CC(C#N)n1cc(-c2cccc3c2OCO3)cn1. The molecule has 2 heterocycles. The molecular weight excluding hydrogens is 230 g/mol. The van der Waals surface area contributed by atoms with Gasteiger partial charge in [0.1, 0.15) is 6.04 Å². The zero-order valence-electron chi connectivity index (χ0n) is 9.83. The number of para-hydroxylation sites is 1. The normalized spacial score (nSPS) is 14.2. The van der Waals surface area contributed by atoms with E-state index >= 15 is 0 Å². The average Bonchev–Trinajstić information content (AvgIpc) is 3.05. The maximum Gasteiger partial charge on any atom is 0.231 e. The molecule has 1 aliphatic heterocycles. The van der Waals surface area contributed by atoms with E-state index in [9.17, 15) is 0 Å². The second-order valence-corrected chi connectivity index (χ2v) is 4.05. The summed E-state index contributed by atoms with van der Waals surface area (Å²) in [5, 5.41) is 13.1. The quantitative estimate of drug-likeness (QED) is 0.809. The van der Waals surface area contributed by atoms with Crippen LogP contribution in [0.5, 0.6) is 11.5 Å². The van der Waals surface area contributed by atoms with Gasteiger partial charge in [0.15, 0.2) is 11.5 Å². The lowest BCUT2D eigenvalue weighted by Crippen LogP contribution is -2.01. The summed E-state index contributed by atoms with van der Waals surface area (Å²) in [6.07, 6.45) is 3.57. The Morgan fingerprint density at radius 3 is 3.17 bits per heavy atom. The molecule has 0 radical (unpaired) electrons. The lowest BCUT2D eigenvalue weighted by atomic mass is 10.1. The molecule has 18 heavy (non-hydrogen) atoms.